The van der Waals surface area contributed by atoms with Crippen molar-refractivity contribution in [1.29, 1.82) is 0 Å². The number of alkyl halides is 1. The fourth-order valence-corrected chi connectivity index (χ4v) is 2.38. The van der Waals surface area contributed by atoms with Crippen molar-refractivity contribution in [1.82, 2.24) is 9.88 Å². The van der Waals surface area contributed by atoms with Crippen LogP contribution in [0.15, 0.2) is 36.5 Å². The first-order valence-corrected chi connectivity index (χ1v) is 6.74. The molecule has 4 heteroatoms. The first-order chi connectivity index (χ1) is 8.59. The molecule has 2 aromatic rings. The van der Waals surface area contributed by atoms with Gasteiger partial charge in [-0.15, -0.1) is 0 Å². The summed E-state index contributed by atoms with van der Waals surface area (Å²) >= 11 is 3.46. The van der Waals surface area contributed by atoms with E-state index < -0.39 is 0 Å². The standard InChI is InChI=1S/C14H15BrN2O/c1-10(15)9-17(2)14(18)12-7-8-16-13-6-4-3-5-11(12)13/h3-8,10H,9H2,1-2H3. The Hall–Kier alpha value is -1.42. The average molecular weight is 307 g/mol. The summed E-state index contributed by atoms with van der Waals surface area (Å²) in [5.41, 5.74) is 1.56. The normalized spacial score (nSPS) is 12.4. The minimum Gasteiger partial charge on any atom is -0.341 e. The number of hydrogen-bond donors (Lipinski definition) is 0. The maximum atomic E-state index is 12.4. The van der Waals surface area contributed by atoms with Gasteiger partial charge in [0.25, 0.3) is 5.91 Å². The van der Waals surface area contributed by atoms with E-state index in [1.165, 1.54) is 0 Å². The minimum atomic E-state index is 0.0277. The van der Waals surface area contributed by atoms with E-state index in [-0.39, 0.29) is 10.7 Å². The lowest BCUT2D eigenvalue weighted by atomic mass is 10.1. The van der Waals surface area contributed by atoms with Crippen LogP contribution in [0, 0.1) is 0 Å². The van der Waals surface area contributed by atoms with E-state index in [4.69, 9.17) is 0 Å². The Morgan fingerprint density at radius 1 is 1.39 bits per heavy atom. The third-order valence-electron chi connectivity index (χ3n) is 2.75. The van der Waals surface area contributed by atoms with Crippen molar-refractivity contribution in [3.05, 3.63) is 42.1 Å². The lowest BCUT2D eigenvalue weighted by Crippen LogP contribution is -2.31. The number of halogens is 1. The van der Waals surface area contributed by atoms with Crippen LogP contribution >= 0.6 is 15.9 Å². The molecule has 0 aliphatic rings. The Bertz CT molecular complexity index is 563. The smallest absolute Gasteiger partial charge is 0.254 e. The number of para-hydroxylation sites is 1. The summed E-state index contributed by atoms with van der Waals surface area (Å²) in [5.74, 6) is 0.0277. The number of carbonyl (C=O) groups is 1. The van der Waals surface area contributed by atoms with Crippen LogP contribution in [0.1, 0.15) is 17.3 Å². The highest BCUT2D eigenvalue weighted by molar-refractivity contribution is 9.09. The summed E-state index contributed by atoms with van der Waals surface area (Å²) in [6.45, 7) is 2.70. The van der Waals surface area contributed by atoms with Crippen molar-refractivity contribution in [3.63, 3.8) is 0 Å². The van der Waals surface area contributed by atoms with E-state index in [0.717, 1.165) is 10.9 Å². The highest BCUT2D eigenvalue weighted by Crippen LogP contribution is 2.18. The predicted octanol–water partition coefficient (Wildman–Crippen LogP) is 3.09. The topological polar surface area (TPSA) is 33.2 Å². The lowest BCUT2D eigenvalue weighted by Gasteiger charge is -2.19. The maximum Gasteiger partial charge on any atom is 0.254 e. The molecule has 1 aromatic carbocycles. The molecule has 18 heavy (non-hydrogen) atoms. The number of nitrogens with zero attached hydrogens (tertiary/aromatic N) is 2. The number of fused-ring (bicyclic) bond motifs is 1. The SMILES string of the molecule is CC(Br)CN(C)C(=O)c1ccnc2ccccc12. The van der Waals surface area contributed by atoms with Gasteiger partial charge in [0.1, 0.15) is 0 Å². The number of aromatic nitrogens is 1. The predicted molar refractivity (Wildman–Crippen MR) is 77.1 cm³/mol. The quantitative estimate of drug-likeness (QED) is 0.816. The van der Waals surface area contributed by atoms with Crippen molar-refractivity contribution in [3.8, 4) is 0 Å². The number of benzene rings is 1. The molecule has 0 spiro atoms. The molecule has 0 saturated heterocycles. The van der Waals surface area contributed by atoms with E-state index in [0.29, 0.717) is 12.1 Å². The molecular weight excluding hydrogens is 292 g/mol. The first-order valence-electron chi connectivity index (χ1n) is 5.83. The summed E-state index contributed by atoms with van der Waals surface area (Å²) in [5, 5.41) is 0.902. The van der Waals surface area contributed by atoms with Crippen LogP contribution in [-0.2, 0) is 0 Å². The Balaban J connectivity index is 2.39. The zero-order valence-electron chi connectivity index (χ0n) is 10.4. The Morgan fingerprint density at radius 2 is 2.11 bits per heavy atom. The summed E-state index contributed by atoms with van der Waals surface area (Å²) in [6.07, 6.45) is 1.68. The highest BCUT2D eigenvalue weighted by atomic mass is 79.9. The van der Waals surface area contributed by atoms with E-state index in [2.05, 4.69) is 20.9 Å². The molecule has 0 fully saturated rings. The molecule has 94 valence electrons. The molecule has 1 aromatic heterocycles. The van der Waals surface area contributed by atoms with Crippen LogP contribution in [0.3, 0.4) is 0 Å². The van der Waals surface area contributed by atoms with Gasteiger partial charge in [-0.1, -0.05) is 41.1 Å². The van der Waals surface area contributed by atoms with Crippen molar-refractivity contribution in [2.24, 2.45) is 0 Å². The lowest BCUT2D eigenvalue weighted by molar-refractivity contribution is 0.0799. The van der Waals surface area contributed by atoms with Gasteiger partial charge in [-0.25, -0.2) is 0 Å². The molecule has 0 N–H and O–H groups in total. The van der Waals surface area contributed by atoms with Gasteiger partial charge >= 0.3 is 0 Å². The number of amides is 1. The van der Waals surface area contributed by atoms with Gasteiger partial charge in [0.05, 0.1) is 11.1 Å². The van der Waals surface area contributed by atoms with Gasteiger partial charge in [0.15, 0.2) is 0 Å². The van der Waals surface area contributed by atoms with Gasteiger partial charge in [0.2, 0.25) is 0 Å². The number of pyridine rings is 1. The Morgan fingerprint density at radius 3 is 2.83 bits per heavy atom. The van der Waals surface area contributed by atoms with Crippen molar-refractivity contribution in [2.45, 2.75) is 11.8 Å². The van der Waals surface area contributed by atoms with Gasteiger partial charge in [-0.05, 0) is 12.1 Å². The number of carbonyl (C=O) groups excluding carboxylic acids is 1. The van der Waals surface area contributed by atoms with Crippen LogP contribution in [0.5, 0.6) is 0 Å². The molecule has 1 atom stereocenters. The second-order valence-electron chi connectivity index (χ2n) is 4.34. The van der Waals surface area contributed by atoms with Crippen LogP contribution in [0.4, 0.5) is 0 Å². The van der Waals surface area contributed by atoms with Crippen molar-refractivity contribution < 1.29 is 4.79 Å². The molecule has 0 aliphatic heterocycles. The van der Waals surface area contributed by atoms with Gasteiger partial charge in [-0.3, -0.25) is 9.78 Å². The molecule has 1 heterocycles. The molecular formula is C14H15BrN2O. The number of hydrogen-bond acceptors (Lipinski definition) is 2. The summed E-state index contributed by atoms with van der Waals surface area (Å²) in [7, 11) is 1.81. The van der Waals surface area contributed by atoms with Gasteiger partial charge < -0.3 is 4.90 Å². The molecule has 0 aliphatic carbocycles. The van der Waals surface area contributed by atoms with E-state index in [1.54, 1.807) is 17.2 Å². The molecule has 2 rings (SSSR count). The van der Waals surface area contributed by atoms with Crippen LogP contribution in [0.2, 0.25) is 0 Å². The second kappa shape index (κ2) is 5.48. The fourth-order valence-electron chi connectivity index (χ4n) is 1.95. The third kappa shape index (κ3) is 2.70. The highest BCUT2D eigenvalue weighted by Gasteiger charge is 2.15. The van der Waals surface area contributed by atoms with Crippen LogP contribution in [-0.4, -0.2) is 34.2 Å². The maximum absolute atomic E-state index is 12.4. The molecule has 0 radical (unpaired) electrons. The molecule has 0 bridgehead atoms. The van der Waals surface area contributed by atoms with E-state index >= 15 is 0 Å². The molecule has 1 unspecified atom stereocenters. The van der Waals surface area contributed by atoms with Crippen LogP contribution in [0.25, 0.3) is 10.9 Å². The van der Waals surface area contributed by atoms with Gasteiger partial charge in [0, 0.05) is 30.0 Å². The first kappa shape index (κ1) is 13.0. The summed E-state index contributed by atoms with van der Waals surface area (Å²) in [6, 6.07) is 9.47. The zero-order chi connectivity index (χ0) is 13.1. The monoisotopic (exact) mass is 306 g/mol. The van der Waals surface area contributed by atoms with Crippen LogP contribution < -0.4 is 0 Å². The molecule has 0 saturated carbocycles. The number of rotatable bonds is 3. The third-order valence-corrected chi connectivity index (χ3v) is 3.04. The largest absolute Gasteiger partial charge is 0.341 e. The summed E-state index contributed by atoms with van der Waals surface area (Å²) in [4.78, 5) is 18.6. The average Bonchev–Trinajstić information content (AvgIpc) is 2.36. The zero-order valence-corrected chi connectivity index (χ0v) is 12.0. The van der Waals surface area contributed by atoms with Crippen molar-refractivity contribution >= 4 is 32.7 Å². The van der Waals surface area contributed by atoms with Gasteiger partial charge in [-0.2, -0.15) is 0 Å². The summed E-state index contributed by atoms with van der Waals surface area (Å²) < 4.78 is 0. The second-order valence-corrected chi connectivity index (χ2v) is 5.91. The van der Waals surface area contributed by atoms with Crippen molar-refractivity contribution in [2.75, 3.05) is 13.6 Å². The van der Waals surface area contributed by atoms with E-state index in [9.17, 15) is 4.79 Å². The fraction of sp³-hybridized carbons (Fsp3) is 0.286. The Kier molecular flexibility index (Phi) is 3.97. The molecule has 3 nitrogen and oxygen atoms in total. The van der Waals surface area contributed by atoms with E-state index in [1.807, 2.05) is 38.2 Å². The Labute approximate surface area is 115 Å². The minimum absolute atomic E-state index is 0.0277. The molecule has 1 amide bonds.